The van der Waals surface area contributed by atoms with E-state index in [0.29, 0.717) is 29.8 Å². The van der Waals surface area contributed by atoms with Crippen molar-refractivity contribution in [3.63, 3.8) is 0 Å². The summed E-state index contributed by atoms with van der Waals surface area (Å²) in [4.78, 5) is 23.6. The van der Waals surface area contributed by atoms with Gasteiger partial charge in [-0.2, -0.15) is 0 Å². The first-order valence-corrected chi connectivity index (χ1v) is 10.7. The summed E-state index contributed by atoms with van der Waals surface area (Å²) in [7, 11) is 0. The van der Waals surface area contributed by atoms with Crippen molar-refractivity contribution in [2.24, 2.45) is 0 Å². The number of amides is 1. The number of carbonyl (C=O) groups excluding carboxylic acids is 1. The van der Waals surface area contributed by atoms with Gasteiger partial charge in [-0.3, -0.25) is 4.79 Å². The maximum Gasteiger partial charge on any atom is 0.273 e. The summed E-state index contributed by atoms with van der Waals surface area (Å²) in [5.74, 6) is 0.599. The number of morpholine rings is 1. The molecule has 3 heterocycles. The Hall–Kier alpha value is -1.90. The summed E-state index contributed by atoms with van der Waals surface area (Å²) < 4.78 is 11.5. The van der Waals surface area contributed by atoms with Crippen molar-refractivity contribution in [3.05, 3.63) is 39.8 Å². The fraction of sp³-hybridized carbons (Fsp3) is 0.421. The van der Waals surface area contributed by atoms with Crippen LogP contribution in [0.1, 0.15) is 34.9 Å². The van der Waals surface area contributed by atoms with Gasteiger partial charge in [-0.05, 0) is 38.5 Å². The van der Waals surface area contributed by atoms with E-state index in [1.54, 1.807) is 0 Å². The molecule has 8 heteroatoms. The lowest BCUT2D eigenvalue weighted by atomic mass is 10.2. The summed E-state index contributed by atoms with van der Waals surface area (Å²) in [6.07, 6.45) is 0.100. The molecule has 0 N–H and O–H groups in total. The molecule has 6 nitrogen and oxygen atoms in total. The first-order valence-electron chi connectivity index (χ1n) is 8.87. The predicted octanol–water partition coefficient (Wildman–Crippen LogP) is 4.13. The first-order chi connectivity index (χ1) is 13.0. The number of thioether (sulfide) groups is 1. The fourth-order valence-corrected chi connectivity index (χ4v) is 4.81. The van der Waals surface area contributed by atoms with E-state index in [9.17, 15) is 4.79 Å². The molecule has 0 unspecified atom stereocenters. The average molecular weight is 404 g/mol. The van der Waals surface area contributed by atoms with Crippen LogP contribution < -0.4 is 0 Å². The molecule has 1 aromatic carbocycles. The number of fused-ring (bicyclic) bond motifs is 1. The maximum absolute atomic E-state index is 12.7. The van der Waals surface area contributed by atoms with Gasteiger partial charge in [0, 0.05) is 18.5 Å². The third-order valence-electron chi connectivity index (χ3n) is 4.32. The maximum atomic E-state index is 12.7. The molecular weight excluding hydrogens is 382 g/mol. The molecule has 0 bridgehead atoms. The molecule has 3 aromatic rings. The average Bonchev–Trinajstić information content (AvgIpc) is 3.24. The van der Waals surface area contributed by atoms with Gasteiger partial charge in [0.2, 0.25) is 0 Å². The number of carbonyl (C=O) groups is 1. The molecular formula is C19H21N3O3S2. The Bertz CT molecular complexity index is 958. The first kappa shape index (κ1) is 18.5. The van der Waals surface area contributed by atoms with Crippen LogP contribution in [0.25, 0.3) is 11.1 Å². The smallest absolute Gasteiger partial charge is 0.273 e. The minimum atomic E-state index is -0.0261. The monoisotopic (exact) mass is 403 g/mol. The largest absolute Gasteiger partial charge is 0.431 e. The second-order valence-corrected chi connectivity index (χ2v) is 8.70. The molecule has 0 radical (unpaired) electrons. The van der Waals surface area contributed by atoms with Crippen molar-refractivity contribution in [1.82, 2.24) is 14.9 Å². The summed E-state index contributed by atoms with van der Waals surface area (Å²) in [5, 5.41) is 3.34. The number of hydrogen-bond acceptors (Lipinski definition) is 7. The Morgan fingerprint density at radius 2 is 2.07 bits per heavy atom. The number of oxazole rings is 1. The van der Waals surface area contributed by atoms with Crippen LogP contribution in [0.2, 0.25) is 0 Å². The quantitative estimate of drug-likeness (QED) is 0.610. The van der Waals surface area contributed by atoms with Crippen LogP contribution >= 0.6 is 23.1 Å². The van der Waals surface area contributed by atoms with Crippen molar-refractivity contribution in [2.75, 3.05) is 13.1 Å². The molecule has 0 saturated carbocycles. The minimum absolute atomic E-state index is 0.0261. The highest BCUT2D eigenvalue weighted by Gasteiger charge is 2.27. The number of ether oxygens (including phenoxy) is 1. The van der Waals surface area contributed by atoms with E-state index in [2.05, 4.69) is 9.97 Å². The lowest BCUT2D eigenvalue weighted by Gasteiger charge is -2.34. The second kappa shape index (κ2) is 7.61. The zero-order valence-electron chi connectivity index (χ0n) is 15.5. The lowest BCUT2D eigenvalue weighted by molar-refractivity contribution is -0.0587. The van der Waals surface area contributed by atoms with E-state index < -0.39 is 0 Å². The summed E-state index contributed by atoms with van der Waals surface area (Å²) in [5.41, 5.74) is 3.31. The van der Waals surface area contributed by atoms with Gasteiger partial charge in [0.25, 0.3) is 11.1 Å². The van der Waals surface area contributed by atoms with Crippen molar-refractivity contribution >= 4 is 40.1 Å². The highest BCUT2D eigenvalue weighted by molar-refractivity contribution is 7.98. The van der Waals surface area contributed by atoms with Gasteiger partial charge in [0.15, 0.2) is 5.58 Å². The van der Waals surface area contributed by atoms with Crippen LogP contribution in [-0.4, -0.2) is 46.1 Å². The Morgan fingerprint density at radius 1 is 1.30 bits per heavy atom. The third-order valence-corrected chi connectivity index (χ3v) is 6.19. The van der Waals surface area contributed by atoms with Crippen molar-refractivity contribution in [2.45, 2.75) is 44.0 Å². The van der Waals surface area contributed by atoms with E-state index in [1.807, 2.05) is 49.3 Å². The SMILES string of the molecule is Cc1ccc2oc(SCc3nc(C(=O)N4C[C@@H](C)O[C@H](C)C4)cs3)nc2c1. The number of rotatable bonds is 4. The summed E-state index contributed by atoms with van der Waals surface area (Å²) in [6, 6.07) is 5.95. The minimum Gasteiger partial charge on any atom is -0.431 e. The van der Waals surface area contributed by atoms with Gasteiger partial charge in [-0.1, -0.05) is 17.8 Å². The lowest BCUT2D eigenvalue weighted by Crippen LogP contribution is -2.48. The van der Waals surface area contributed by atoms with Gasteiger partial charge >= 0.3 is 0 Å². The molecule has 1 saturated heterocycles. The number of aromatic nitrogens is 2. The van der Waals surface area contributed by atoms with Crippen LogP contribution in [0.5, 0.6) is 0 Å². The molecule has 1 amide bonds. The number of nitrogens with zero attached hydrogens (tertiary/aromatic N) is 3. The van der Waals surface area contributed by atoms with Crippen LogP contribution in [0.3, 0.4) is 0 Å². The van der Waals surface area contributed by atoms with Gasteiger partial charge in [0.1, 0.15) is 16.2 Å². The zero-order chi connectivity index (χ0) is 19.0. The topological polar surface area (TPSA) is 68.5 Å². The van der Waals surface area contributed by atoms with E-state index in [-0.39, 0.29) is 18.1 Å². The Labute approximate surface area is 165 Å². The summed E-state index contributed by atoms with van der Waals surface area (Å²) >= 11 is 2.98. The van der Waals surface area contributed by atoms with E-state index in [0.717, 1.165) is 21.7 Å². The van der Waals surface area contributed by atoms with Crippen LogP contribution in [0.4, 0.5) is 0 Å². The van der Waals surface area contributed by atoms with Gasteiger partial charge < -0.3 is 14.1 Å². The van der Waals surface area contributed by atoms with Gasteiger partial charge in [0.05, 0.1) is 18.0 Å². The highest BCUT2D eigenvalue weighted by Crippen LogP contribution is 2.28. The third kappa shape index (κ3) is 4.17. The molecule has 2 aromatic heterocycles. The molecule has 4 rings (SSSR count). The summed E-state index contributed by atoms with van der Waals surface area (Å²) in [6.45, 7) is 7.22. The second-order valence-electron chi connectivity index (χ2n) is 6.83. The van der Waals surface area contributed by atoms with Crippen LogP contribution in [0, 0.1) is 6.92 Å². The van der Waals surface area contributed by atoms with Crippen LogP contribution in [0.15, 0.2) is 33.2 Å². The van der Waals surface area contributed by atoms with Crippen molar-refractivity contribution in [1.29, 1.82) is 0 Å². The molecule has 142 valence electrons. The fourth-order valence-electron chi connectivity index (χ4n) is 3.18. The molecule has 1 aliphatic heterocycles. The predicted molar refractivity (Wildman–Crippen MR) is 106 cm³/mol. The van der Waals surface area contributed by atoms with Crippen molar-refractivity contribution in [3.8, 4) is 0 Å². The number of thiazole rings is 1. The molecule has 27 heavy (non-hydrogen) atoms. The van der Waals surface area contributed by atoms with Gasteiger partial charge in [-0.15, -0.1) is 11.3 Å². The van der Waals surface area contributed by atoms with Crippen LogP contribution in [-0.2, 0) is 10.5 Å². The molecule has 0 spiro atoms. The van der Waals surface area contributed by atoms with E-state index in [4.69, 9.17) is 9.15 Å². The van der Waals surface area contributed by atoms with E-state index in [1.165, 1.54) is 23.1 Å². The highest BCUT2D eigenvalue weighted by atomic mass is 32.2. The Morgan fingerprint density at radius 3 is 2.85 bits per heavy atom. The van der Waals surface area contributed by atoms with E-state index >= 15 is 0 Å². The Balaban J connectivity index is 1.40. The normalized spacial score (nSPS) is 20.3. The number of aryl methyl sites for hydroxylation is 1. The van der Waals surface area contributed by atoms with Crippen molar-refractivity contribution < 1.29 is 13.9 Å². The standard InChI is InChI=1S/C19H21N3O3S2/c1-11-4-5-16-14(6-11)21-19(25-16)27-10-17-20-15(9-26-17)18(23)22-7-12(2)24-13(3)8-22/h4-6,9,12-13H,7-8,10H2,1-3H3/t12-,13-/m1/s1. The van der Waals surface area contributed by atoms with Gasteiger partial charge in [-0.25, -0.2) is 9.97 Å². The molecule has 0 aliphatic carbocycles. The molecule has 2 atom stereocenters. The Kier molecular flexibility index (Phi) is 5.21. The number of benzene rings is 1. The zero-order valence-corrected chi connectivity index (χ0v) is 17.1. The molecule has 1 fully saturated rings. The number of hydrogen-bond donors (Lipinski definition) is 0. The molecule has 1 aliphatic rings.